The fourth-order valence-corrected chi connectivity index (χ4v) is 3.32. The molecule has 0 spiro atoms. The molecule has 1 aliphatic heterocycles. The number of aryl methyl sites for hydroxylation is 2. The van der Waals surface area contributed by atoms with E-state index in [1.807, 2.05) is 18.0 Å². The van der Waals surface area contributed by atoms with Gasteiger partial charge in [-0.25, -0.2) is 4.79 Å². The van der Waals surface area contributed by atoms with Crippen LogP contribution in [0.2, 0.25) is 0 Å². The van der Waals surface area contributed by atoms with Crippen LogP contribution in [0.3, 0.4) is 0 Å². The van der Waals surface area contributed by atoms with Crippen molar-refractivity contribution >= 4 is 17.5 Å². The number of anilines is 2. The number of urea groups is 1. The number of carbonyl (C=O) groups excluding carboxylic acids is 1. The van der Waals surface area contributed by atoms with Crippen LogP contribution < -0.4 is 10.2 Å². The average Bonchev–Trinajstić information content (AvgIpc) is 2.96. The van der Waals surface area contributed by atoms with Gasteiger partial charge in [0.1, 0.15) is 5.82 Å². The lowest BCUT2D eigenvalue weighted by Gasteiger charge is -2.40. The third-order valence-electron chi connectivity index (χ3n) is 5.01. The maximum Gasteiger partial charge on any atom is 0.323 e. The van der Waals surface area contributed by atoms with Crippen LogP contribution in [0, 0.1) is 6.92 Å². The summed E-state index contributed by atoms with van der Waals surface area (Å²) in [5.41, 5.74) is 3.47. The molecule has 1 aromatic heterocycles. The minimum Gasteiger partial charge on any atom is -0.368 e. The highest BCUT2D eigenvalue weighted by atomic mass is 16.2. The fraction of sp³-hybridized carbons (Fsp3) is 0.500. The van der Waals surface area contributed by atoms with Gasteiger partial charge < -0.3 is 9.80 Å². The van der Waals surface area contributed by atoms with Crippen molar-refractivity contribution in [1.29, 1.82) is 0 Å². The number of nitrogens with one attached hydrogen (secondary N) is 1. The van der Waals surface area contributed by atoms with Crippen LogP contribution in [0.4, 0.5) is 16.3 Å². The highest BCUT2D eigenvalue weighted by Gasteiger charge is 2.28. The maximum absolute atomic E-state index is 12.8. The predicted molar refractivity (Wildman–Crippen MR) is 106 cm³/mol. The van der Waals surface area contributed by atoms with Gasteiger partial charge in [0.05, 0.1) is 5.69 Å². The molecule has 0 radical (unpaired) electrons. The summed E-state index contributed by atoms with van der Waals surface area (Å²) in [6, 6.07) is 10.6. The molecule has 0 aliphatic carbocycles. The lowest BCUT2D eigenvalue weighted by atomic mass is 10.1. The molecule has 2 aromatic rings. The standard InChI is InChI=1S/C20H29N5O/c1-14(2)18-12-19(23(5)22-18)21-20(26)25-11-10-24(13-16(25)4)17-8-6-15(3)7-9-17/h6-9,12,14,16H,10-11,13H2,1-5H3,(H,21,26)/t16-/m1/s1. The third kappa shape index (κ3) is 3.84. The Labute approximate surface area is 155 Å². The SMILES string of the molecule is Cc1ccc(N2CCN(C(=O)Nc3cc(C(C)C)nn3C)[C@H](C)C2)cc1. The van der Waals surface area contributed by atoms with E-state index in [0.717, 1.165) is 24.6 Å². The molecule has 1 atom stereocenters. The second kappa shape index (κ2) is 7.40. The van der Waals surface area contributed by atoms with Crippen molar-refractivity contribution in [2.45, 2.75) is 39.7 Å². The quantitative estimate of drug-likeness (QED) is 0.915. The first-order valence-corrected chi connectivity index (χ1v) is 9.28. The summed E-state index contributed by atoms with van der Waals surface area (Å²) in [6.07, 6.45) is 0. The minimum atomic E-state index is -0.0561. The highest BCUT2D eigenvalue weighted by Crippen LogP contribution is 2.21. The van der Waals surface area contributed by atoms with Crippen molar-refractivity contribution in [1.82, 2.24) is 14.7 Å². The molecule has 6 heteroatoms. The zero-order valence-corrected chi connectivity index (χ0v) is 16.4. The van der Waals surface area contributed by atoms with Crippen LogP contribution in [0.15, 0.2) is 30.3 Å². The fourth-order valence-electron chi connectivity index (χ4n) is 3.32. The molecule has 6 nitrogen and oxygen atoms in total. The van der Waals surface area contributed by atoms with E-state index in [0.29, 0.717) is 12.5 Å². The molecule has 1 aliphatic rings. The molecule has 1 N–H and O–H groups in total. The molecule has 2 amide bonds. The van der Waals surface area contributed by atoms with Crippen LogP contribution in [0.25, 0.3) is 0 Å². The first-order valence-electron chi connectivity index (χ1n) is 9.28. The largest absolute Gasteiger partial charge is 0.368 e. The molecule has 140 valence electrons. The Morgan fingerprint density at radius 1 is 1.23 bits per heavy atom. The van der Waals surface area contributed by atoms with E-state index in [1.54, 1.807) is 4.68 Å². The van der Waals surface area contributed by atoms with Gasteiger partial charge in [-0.3, -0.25) is 10.00 Å². The number of piperazine rings is 1. The zero-order valence-electron chi connectivity index (χ0n) is 16.4. The average molecular weight is 355 g/mol. The van der Waals surface area contributed by atoms with Gasteiger partial charge in [0, 0.05) is 44.5 Å². The van der Waals surface area contributed by atoms with E-state index < -0.39 is 0 Å². The van der Waals surface area contributed by atoms with Gasteiger partial charge in [-0.05, 0) is 31.9 Å². The van der Waals surface area contributed by atoms with Crippen LogP contribution in [-0.4, -0.2) is 46.4 Å². The molecule has 3 rings (SSSR count). The van der Waals surface area contributed by atoms with Crippen molar-refractivity contribution in [2.24, 2.45) is 7.05 Å². The predicted octanol–water partition coefficient (Wildman–Crippen LogP) is 3.59. The van der Waals surface area contributed by atoms with Gasteiger partial charge in [0.2, 0.25) is 0 Å². The van der Waals surface area contributed by atoms with Crippen molar-refractivity contribution < 1.29 is 4.79 Å². The number of amides is 2. The molecule has 1 aromatic carbocycles. The summed E-state index contributed by atoms with van der Waals surface area (Å²) in [5, 5.41) is 7.48. The summed E-state index contributed by atoms with van der Waals surface area (Å²) in [6.45, 7) is 10.8. The Morgan fingerprint density at radius 2 is 1.92 bits per heavy atom. The molecule has 1 fully saturated rings. The second-order valence-corrected chi connectivity index (χ2v) is 7.49. The summed E-state index contributed by atoms with van der Waals surface area (Å²) in [7, 11) is 1.86. The van der Waals surface area contributed by atoms with Crippen LogP contribution in [-0.2, 0) is 7.05 Å². The summed E-state index contributed by atoms with van der Waals surface area (Å²) < 4.78 is 1.74. The highest BCUT2D eigenvalue weighted by molar-refractivity contribution is 5.89. The topological polar surface area (TPSA) is 53.4 Å². The van der Waals surface area contributed by atoms with Crippen molar-refractivity contribution in [3.05, 3.63) is 41.6 Å². The molecular formula is C20H29N5O. The van der Waals surface area contributed by atoms with Gasteiger partial charge >= 0.3 is 6.03 Å². The molecule has 0 unspecified atom stereocenters. The van der Waals surface area contributed by atoms with E-state index in [9.17, 15) is 4.79 Å². The van der Waals surface area contributed by atoms with Gasteiger partial charge in [-0.15, -0.1) is 0 Å². The van der Waals surface area contributed by atoms with Gasteiger partial charge in [0.25, 0.3) is 0 Å². The maximum atomic E-state index is 12.8. The normalized spacial score (nSPS) is 17.7. The summed E-state index contributed by atoms with van der Waals surface area (Å²) >= 11 is 0. The number of hydrogen-bond acceptors (Lipinski definition) is 3. The van der Waals surface area contributed by atoms with Crippen LogP contribution >= 0.6 is 0 Å². The van der Waals surface area contributed by atoms with E-state index >= 15 is 0 Å². The number of hydrogen-bond donors (Lipinski definition) is 1. The van der Waals surface area contributed by atoms with Crippen LogP contribution in [0.1, 0.15) is 37.9 Å². The second-order valence-electron chi connectivity index (χ2n) is 7.49. The number of nitrogens with zero attached hydrogens (tertiary/aromatic N) is 4. The van der Waals surface area contributed by atoms with E-state index in [4.69, 9.17) is 0 Å². The van der Waals surface area contributed by atoms with Crippen molar-refractivity contribution in [3.63, 3.8) is 0 Å². The summed E-state index contributed by atoms with van der Waals surface area (Å²) in [4.78, 5) is 17.0. The molecule has 0 bridgehead atoms. The summed E-state index contributed by atoms with van der Waals surface area (Å²) in [5.74, 6) is 1.08. The smallest absolute Gasteiger partial charge is 0.323 e. The number of benzene rings is 1. The van der Waals surface area contributed by atoms with E-state index in [2.05, 4.69) is 67.3 Å². The van der Waals surface area contributed by atoms with Gasteiger partial charge in [-0.1, -0.05) is 31.5 Å². The number of aromatic nitrogens is 2. The minimum absolute atomic E-state index is 0.0561. The number of rotatable bonds is 3. The Morgan fingerprint density at radius 3 is 2.50 bits per heavy atom. The molecular weight excluding hydrogens is 326 g/mol. The van der Waals surface area contributed by atoms with Gasteiger partial charge in [0.15, 0.2) is 0 Å². The Hall–Kier alpha value is -2.50. The van der Waals surface area contributed by atoms with Gasteiger partial charge in [-0.2, -0.15) is 5.10 Å². The monoisotopic (exact) mass is 355 g/mol. The van der Waals surface area contributed by atoms with Crippen molar-refractivity contribution in [3.8, 4) is 0 Å². The molecule has 26 heavy (non-hydrogen) atoms. The first-order chi connectivity index (χ1) is 12.3. The Balaban J connectivity index is 1.63. The molecule has 0 saturated carbocycles. The Kier molecular flexibility index (Phi) is 5.20. The lowest BCUT2D eigenvalue weighted by Crippen LogP contribution is -2.55. The Bertz CT molecular complexity index is 765. The third-order valence-corrected chi connectivity index (χ3v) is 5.01. The van der Waals surface area contributed by atoms with Crippen molar-refractivity contribution in [2.75, 3.05) is 29.9 Å². The lowest BCUT2D eigenvalue weighted by molar-refractivity contribution is 0.184. The zero-order chi connectivity index (χ0) is 18.8. The van der Waals surface area contributed by atoms with E-state index in [-0.39, 0.29) is 12.1 Å². The molecule has 1 saturated heterocycles. The first kappa shape index (κ1) is 18.3. The van der Waals surface area contributed by atoms with Crippen LogP contribution in [0.5, 0.6) is 0 Å². The van der Waals surface area contributed by atoms with E-state index in [1.165, 1.54) is 11.3 Å². The molecule has 2 heterocycles. The number of carbonyl (C=O) groups is 1.